The monoisotopic (exact) mass is 429 g/mol. The zero-order valence-corrected chi connectivity index (χ0v) is 19.7. The third-order valence-corrected chi connectivity index (χ3v) is 6.53. The van der Waals surface area contributed by atoms with E-state index < -0.39 is 5.60 Å². The molecule has 0 aliphatic carbocycles. The number of hydrogen-bond acceptors (Lipinski definition) is 5. The first-order valence-corrected chi connectivity index (χ1v) is 11.7. The molecule has 2 aromatic carbocycles. The van der Waals surface area contributed by atoms with Crippen LogP contribution in [-0.4, -0.2) is 85.0 Å². The first-order chi connectivity index (χ1) is 14.2. The average Bonchev–Trinajstić information content (AvgIpc) is 2.70. The molecule has 6 heteroatoms. The van der Waals surface area contributed by atoms with Gasteiger partial charge in [-0.25, -0.2) is 4.79 Å². The summed E-state index contributed by atoms with van der Waals surface area (Å²) in [6.45, 7) is 9.99. The molecule has 1 saturated heterocycles. The summed E-state index contributed by atoms with van der Waals surface area (Å²) in [6, 6.07) is 15.7. The van der Waals surface area contributed by atoms with Gasteiger partial charge in [0.2, 0.25) is 0 Å². The Balaban J connectivity index is 1.50. The minimum Gasteiger partial charge on any atom is -0.444 e. The maximum atomic E-state index is 12.3. The summed E-state index contributed by atoms with van der Waals surface area (Å²) in [6.07, 6.45) is -0.196. The van der Waals surface area contributed by atoms with Gasteiger partial charge in [-0.1, -0.05) is 30.3 Å². The van der Waals surface area contributed by atoms with Crippen molar-refractivity contribution in [2.45, 2.75) is 37.3 Å². The van der Waals surface area contributed by atoms with Crippen LogP contribution in [0.15, 0.2) is 47.4 Å². The molecule has 0 radical (unpaired) electrons. The fraction of sp³-hybridized carbons (Fsp3) is 0.542. The van der Waals surface area contributed by atoms with Crippen molar-refractivity contribution in [2.24, 2.45) is 0 Å². The molecule has 0 saturated carbocycles. The molecule has 0 N–H and O–H groups in total. The second-order valence-corrected chi connectivity index (χ2v) is 10.3. The number of nitrogens with zero attached hydrogens (tertiary/aromatic N) is 3. The van der Waals surface area contributed by atoms with E-state index in [0.29, 0.717) is 6.04 Å². The SMILES string of the molecule is CN(C)C(CSc1ccc2ccccc2c1)CN1CCN(C(=O)OC(C)(C)C)CC1. The van der Waals surface area contributed by atoms with E-state index in [-0.39, 0.29) is 6.09 Å². The van der Waals surface area contributed by atoms with Gasteiger partial charge in [0.05, 0.1) is 0 Å². The molecule has 1 atom stereocenters. The standard InChI is InChI=1S/C24H35N3O2S/c1-24(2,3)29-23(28)27-14-12-26(13-15-27)17-21(25(4)5)18-30-22-11-10-19-8-6-7-9-20(19)16-22/h6-11,16,21H,12-15,17-18H2,1-5H3. The van der Waals surface area contributed by atoms with Gasteiger partial charge in [0.1, 0.15) is 5.60 Å². The third kappa shape index (κ3) is 6.62. The Hall–Kier alpha value is -1.76. The summed E-state index contributed by atoms with van der Waals surface area (Å²) in [5, 5.41) is 2.58. The fourth-order valence-electron chi connectivity index (χ4n) is 3.55. The normalized spacial score (nSPS) is 16.8. The molecule has 1 amide bonds. The summed E-state index contributed by atoms with van der Waals surface area (Å²) in [5.41, 5.74) is -0.440. The van der Waals surface area contributed by atoms with Crippen molar-refractivity contribution in [3.8, 4) is 0 Å². The lowest BCUT2D eigenvalue weighted by atomic mass is 10.1. The van der Waals surface area contributed by atoms with Crippen molar-refractivity contribution >= 4 is 28.6 Å². The first-order valence-electron chi connectivity index (χ1n) is 10.7. The maximum Gasteiger partial charge on any atom is 0.410 e. The summed E-state index contributed by atoms with van der Waals surface area (Å²) < 4.78 is 5.51. The highest BCUT2D eigenvalue weighted by Crippen LogP contribution is 2.25. The van der Waals surface area contributed by atoms with Crippen LogP contribution in [0.2, 0.25) is 0 Å². The zero-order valence-electron chi connectivity index (χ0n) is 18.9. The van der Waals surface area contributed by atoms with E-state index in [1.54, 1.807) is 0 Å². The molecule has 3 rings (SSSR count). The number of likely N-dealkylation sites (N-methyl/N-ethyl adjacent to an activating group) is 1. The van der Waals surface area contributed by atoms with Crippen molar-refractivity contribution in [3.63, 3.8) is 0 Å². The second kappa shape index (κ2) is 10.0. The van der Waals surface area contributed by atoms with Crippen LogP contribution in [0.5, 0.6) is 0 Å². The Labute approximate surface area is 185 Å². The molecule has 1 unspecified atom stereocenters. The number of thioether (sulfide) groups is 1. The highest BCUT2D eigenvalue weighted by atomic mass is 32.2. The maximum absolute atomic E-state index is 12.3. The zero-order chi connectivity index (χ0) is 21.7. The predicted molar refractivity (Wildman–Crippen MR) is 126 cm³/mol. The number of fused-ring (bicyclic) bond motifs is 1. The van der Waals surface area contributed by atoms with E-state index in [0.717, 1.165) is 38.5 Å². The van der Waals surface area contributed by atoms with Crippen LogP contribution in [0.4, 0.5) is 4.79 Å². The molecule has 0 bridgehead atoms. The number of piperazine rings is 1. The average molecular weight is 430 g/mol. The number of hydrogen-bond donors (Lipinski definition) is 0. The number of ether oxygens (including phenoxy) is 1. The second-order valence-electron chi connectivity index (χ2n) is 9.21. The topological polar surface area (TPSA) is 36.0 Å². The van der Waals surface area contributed by atoms with Gasteiger partial charge in [-0.15, -0.1) is 11.8 Å². The Morgan fingerprint density at radius 1 is 1.07 bits per heavy atom. The van der Waals surface area contributed by atoms with Crippen LogP contribution in [0.1, 0.15) is 20.8 Å². The van der Waals surface area contributed by atoms with E-state index in [2.05, 4.69) is 66.4 Å². The number of carbonyl (C=O) groups is 1. The minimum atomic E-state index is -0.440. The fourth-order valence-corrected chi connectivity index (χ4v) is 4.72. The van der Waals surface area contributed by atoms with Crippen molar-refractivity contribution in [3.05, 3.63) is 42.5 Å². The molecular formula is C24H35N3O2S. The lowest BCUT2D eigenvalue weighted by Crippen LogP contribution is -2.53. The van der Waals surface area contributed by atoms with Crippen molar-refractivity contribution < 1.29 is 9.53 Å². The van der Waals surface area contributed by atoms with Crippen molar-refractivity contribution in [2.75, 3.05) is 52.6 Å². The molecule has 2 aromatic rings. The van der Waals surface area contributed by atoms with Gasteiger partial charge in [-0.05, 0) is 57.8 Å². The molecule has 0 aromatic heterocycles. The van der Waals surface area contributed by atoms with Crippen LogP contribution >= 0.6 is 11.8 Å². The van der Waals surface area contributed by atoms with Gasteiger partial charge >= 0.3 is 6.09 Å². The van der Waals surface area contributed by atoms with Gasteiger partial charge in [0.15, 0.2) is 0 Å². The molecule has 1 heterocycles. The van der Waals surface area contributed by atoms with Crippen LogP contribution in [0.25, 0.3) is 10.8 Å². The summed E-state index contributed by atoms with van der Waals surface area (Å²) in [7, 11) is 4.31. The van der Waals surface area contributed by atoms with E-state index in [9.17, 15) is 4.79 Å². The molecule has 30 heavy (non-hydrogen) atoms. The van der Waals surface area contributed by atoms with E-state index in [4.69, 9.17) is 4.74 Å². The van der Waals surface area contributed by atoms with Crippen molar-refractivity contribution in [1.29, 1.82) is 0 Å². The van der Waals surface area contributed by atoms with Gasteiger partial charge in [0, 0.05) is 49.4 Å². The molecule has 0 spiro atoms. The molecule has 1 fully saturated rings. The number of amides is 1. The largest absolute Gasteiger partial charge is 0.444 e. The Morgan fingerprint density at radius 3 is 2.37 bits per heavy atom. The molecule has 1 aliphatic rings. The lowest BCUT2D eigenvalue weighted by Gasteiger charge is -2.38. The summed E-state index contributed by atoms with van der Waals surface area (Å²) in [4.78, 5) is 20.2. The van der Waals surface area contributed by atoms with Gasteiger partial charge < -0.3 is 14.5 Å². The summed E-state index contributed by atoms with van der Waals surface area (Å²) in [5.74, 6) is 1.04. The Bertz CT molecular complexity index is 842. The van der Waals surface area contributed by atoms with Crippen LogP contribution < -0.4 is 0 Å². The number of benzene rings is 2. The van der Waals surface area contributed by atoms with E-state index >= 15 is 0 Å². The highest BCUT2D eigenvalue weighted by molar-refractivity contribution is 7.99. The summed E-state index contributed by atoms with van der Waals surface area (Å²) >= 11 is 1.92. The first kappa shape index (κ1) is 22.9. The van der Waals surface area contributed by atoms with Gasteiger partial charge in [-0.2, -0.15) is 0 Å². The minimum absolute atomic E-state index is 0.196. The number of carbonyl (C=O) groups excluding carboxylic acids is 1. The Morgan fingerprint density at radius 2 is 1.73 bits per heavy atom. The quantitative estimate of drug-likeness (QED) is 0.636. The predicted octanol–water partition coefficient (Wildman–Crippen LogP) is 4.41. The smallest absolute Gasteiger partial charge is 0.410 e. The van der Waals surface area contributed by atoms with Crippen LogP contribution in [0.3, 0.4) is 0 Å². The Kier molecular flexibility index (Phi) is 7.66. The van der Waals surface area contributed by atoms with Crippen LogP contribution in [0, 0.1) is 0 Å². The number of rotatable bonds is 6. The molecule has 5 nitrogen and oxygen atoms in total. The third-order valence-electron chi connectivity index (χ3n) is 5.39. The highest BCUT2D eigenvalue weighted by Gasteiger charge is 2.27. The van der Waals surface area contributed by atoms with Gasteiger partial charge in [-0.3, -0.25) is 4.90 Å². The van der Waals surface area contributed by atoms with E-state index in [1.165, 1.54) is 15.7 Å². The lowest BCUT2D eigenvalue weighted by molar-refractivity contribution is 0.0131. The van der Waals surface area contributed by atoms with Crippen molar-refractivity contribution in [1.82, 2.24) is 14.7 Å². The molecular weight excluding hydrogens is 394 g/mol. The molecule has 1 aliphatic heterocycles. The van der Waals surface area contributed by atoms with E-state index in [1.807, 2.05) is 37.4 Å². The van der Waals surface area contributed by atoms with Gasteiger partial charge in [0.25, 0.3) is 0 Å². The molecule has 164 valence electrons. The van der Waals surface area contributed by atoms with Crippen LogP contribution in [-0.2, 0) is 4.74 Å².